The number of piperidine rings is 1. The van der Waals surface area contributed by atoms with Crippen molar-refractivity contribution in [1.29, 1.82) is 0 Å². The summed E-state index contributed by atoms with van der Waals surface area (Å²) in [6.45, 7) is 5.90. The molecule has 0 radical (unpaired) electrons. The first-order chi connectivity index (χ1) is 12.6. The number of aromatic amines is 1. The smallest absolute Gasteiger partial charge is 0.328 e. The number of rotatable bonds is 6. The molecule has 2 heterocycles. The maximum absolute atomic E-state index is 12.5. The van der Waals surface area contributed by atoms with Gasteiger partial charge in [-0.15, -0.1) is 0 Å². The summed E-state index contributed by atoms with van der Waals surface area (Å²) < 4.78 is 1.48. The molecule has 140 valence electrons. The molecule has 0 atom stereocenters. The minimum absolute atomic E-state index is 0.0640. The van der Waals surface area contributed by atoms with Crippen LogP contribution >= 0.6 is 0 Å². The van der Waals surface area contributed by atoms with Gasteiger partial charge in [0, 0.05) is 26.1 Å². The molecule has 0 aliphatic carbocycles. The summed E-state index contributed by atoms with van der Waals surface area (Å²) in [6.07, 6.45) is 2.29. The van der Waals surface area contributed by atoms with Gasteiger partial charge in [0.25, 0.3) is 5.56 Å². The lowest BCUT2D eigenvalue weighted by molar-refractivity contribution is -0.132. The molecular formula is C19H26N4O3. The van der Waals surface area contributed by atoms with Crippen molar-refractivity contribution >= 4 is 16.8 Å². The Hall–Kier alpha value is -2.41. The summed E-state index contributed by atoms with van der Waals surface area (Å²) >= 11 is 0. The molecular weight excluding hydrogens is 332 g/mol. The normalized spacial score (nSPS) is 15.5. The molecule has 1 aliphatic heterocycles. The fourth-order valence-corrected chi connectivity index (χ4v) is 3.56. The molecule has 1 amide bonds. The predicted molar refractivity (Wildman–Crippen MR) is 101 cm³/mol. The number of para-hydroxylation sites is 1. The van der Waals surface area contributed by atoms with Gasteiger partial charge in [0.1, 0.15) is 0 Å². The second-order valence-electron chi connectivity index (χ2n) is 6.81. The number of nitrogens with zero attached hydrogens (tertiary/aromatic N) is 2. The number of aryl methyl sites for hydroxylation is 1. The number of amides is 1. The molecule has 7 heteroatoms. The van der Waals surface area contributed by atoms with E-state index in [0.717, 1.165) is 39.0 Å². The van der Waals surface area contributed by atoms with Crippen molar-refractivity contribution in [2.24, 2.45) is 5.92 Å². The highest BCUT2D eigenvalue weighted by Crippen LogP contribution is 2.17. The number of nitrogens with one attached hydrogen (secondary N) is 2. The summed E-state index contributed by atoms with van der Waals surface area (Å²) in [5.74, 6) is 0.693. The Kier molecular flexibility index (Phi) is 5.88. The van der Waals surface area contributed by atoms with Crippen LogP contribution in [0.3, 0.4) is 0 Å². The summed E-state index contributed by atoms with van der Waals surface area (Å²) in [5, 5.41) is 3.83. The number of fused-ring (bicyclic) bond motifs is 1. The van der Waals surface area contributed by atoms with Crippen LogP contribution in [0.1, 0.15) is 26.2 Å². The number of aromatic nitrogens is 2. The fourth-order valence-electron chi connectivity index (χ4n) is 3.56. The molecule has 3 rings (SSSR count). The minimum Gasteiger partial charge on any atom is -0.343 e. The van der Waals surface area contributed by atoms with Crippen molar-refractivity contribution in [2.75, 3.05) is 26.2 Å². The SMILES string of the molecule is CCNCC1CCN(C(=O)CCn2c(=O)[nH]c(=O)c3ccccc32)CC1. The van der Waals surface area contributed by atoms with Crippen LogP contribution in [-0.2, 0) is 11.3 Å². The van der Waals surface area contributed by atoms with E-state index < -0.39 is 11.2 Å². The molecule has 0 saturated carbocycles. The third-order valence-electron chi connectivity index (χ3n) is 5.10. The van der Waals surface area contributed by atoms with E-state index in [4.69, 9.17) is 0 Å². The number of H-pyrrole nitrogens is 1. The van der Waals surface area contributed by atoms with Gasteiger partial charge < -0.3 is 10.2 Å². The molecule has 7 nitrogen and oxygen atoms in total. The Morgan fingerprint density at radius 3 is 2.69 bits per heavy atom. The number of hydrogen-bond donors (Lipinski definition) is 2. The molecule has 1 aromatic carbocycles. The highest BCUT2D eigenvalue weighted by molar-refractivity contribution is 5.79. The van der Waals surface area contributed by atoms with Crippen LogP contribution in [0.15, 0.2) is 33.9 Å². The molecule has 0 spiro atoms. The molecule has 2 aromatic rings. The number of likely N-dealkylation sites (tertiary alicyclic amines) is 1. The van der Waals surface area contributed by atoms with Crippen molar-refractivity contribution in [3.63, 3.8) is 0 Å². The van der Waals surface area contributed by atoms with Gasteiger partial charge in [0.15, 0.2) is 0 Å². The lowest BCUT2D eigenvalue weighted by Crippen LogP contribution is -2.41. The number of hydrogen-bond acceptors (Lipinski definition) is 4. The van der Waals surface area contributed by atoms with Gasteiger partial charge in [-0.1, -0.05) is 19.1 Å². The molecule has 1 aliphatic rings. The summed E-state index contributed by atoms with van der Waals surface area (Å²) in [7, 11) is 0. The second-order valence-corrected chi connectivity index (χ2v) is 6.81. The Morgan fingerprint density at radius 1 is 1.23 bits per heavy atom. The zero-order chi connectivity index (χ0) is 18.5. The average Bonchev–Trinajstić information content (AvgIpc) is 2.66. The Bertz CT molecular complexity index is 878. The minimum atomic E-state index is -0.467. The largest absolute Gasteiger partial charge is 0.343 e. The first kappa shape index (κ1) is 18.4. The van der Waals surface area contributed by atoms with E-state index in [1.165, 1.54) is 4.57 Å². The van der Waals surface area contributed by atoms with Gasteiger partial charge >= 0.3 is 5.69 Å². The van der Waals surface area contributed by atoms with Gasteiger partial charge in [-0.05, 0) is 44.0 Å². The molecule has 1 fully saturated rings. The highest BCUT2D eigenvalue weighted by atomic mass is 16.2. The molecule has 1 saturated heterocycles. The number of carbonyl (C=O) groups is 1. The second kappa shape index (κ2) is 8.31. The average molecular weight is 358 g/mol. The van der Waals surface area contributed by atoms with E-state index in [9.17, 15) is 14.4 Å². The van der Waals surface area contributed by atoms with Crippen LogP contribution < -0.4 is 16.6 Å². The first-order valence-corrected chi connectivity index (χ1v) is 9.30. The predicted octanol–water partition coefficient (Wildman–Crippen LogP) is 0.928. The van der Waals surface area contributed by atoms with Gasteiger partial charge in [-0.25, -0.2) is 4.79 Å². The third kappa shape index (κ3) is 4.04. The van der Waals surface area contributed by atoms with E-state index in [0.29, 0.717) is 16.8 Å². The van der Waals surface area contributed by atoms with E-state index in [2.05, 4.69) is 17.2 Å². The van der Waals surface area contributed by atoms with Crippen LogP contribution in [0.25, 0.3) is 10.9 Å². The lowest BCUT2D eigenvalue weighted by Gasteiger charge is -2.32. The van der Waals surface area contributed by atoms with Gasteiger partial charge in [-0.3, -0.25) is 19.1 Å². The van der Waals surface area contributed by atoms with E-state index >= 15 is 0 Å². The van der Waals surface area contributed by atoms with Crippen molar-refractivity contribution in [2.45, 2.75) is 32.7 Å². The maximum Gasteiger partial charge on any atom is 0.328 e. The fraction of sp³-hybridized carbons (Fsp3) is 0.526. The monoisotopic (exact) mass is 358 g/mol. The van der Waals surface area contributed by atoms with Crippen molar-refractivity contribution in [3.8, 4) is 0 Å². The Morgan fingerprint density at radius 2 is 1.96 bits per heavy atom. The van der Waals surface area contributed by atoms with Crippen LogP contribution in [0.2, 0.25) is 0 Å². The molecule has 1 aromatic heterocycles. The summed E-state index contributed by atoms with van der Waals surface area (Å²) in [4.78, 5) is 40.8. The van der Waals surface area contributed by atoms with E-state index in [-0.39, 0.29) is 18.9 Å². The standard InChI is InChI=1S/C19H26N4O3/c1-2-20-13-14-7-10-22(11-8-14)17(24)9-12-23-16-6-4-3-5-15(16)18(25)21-19(23)26/h3-6,14,20H,2,7-13H2,1H3,(H,21,25,26). The van der Waals surface area contributed by atoms with Crippen LogP contribution in [-0.4, -0.2) is 46.5 Å². The van der Waals surface area contributed by atoms with Crippen LogP contribution in [0.4, 0.5) is 0 Å². The number of carbonyl (C=O) groups excluding carboxylic acids is 1. The Labute approximate surface area is 152 Å². The maximum atomic E-state index is 12.5. The van der Waals surface area contributed by atoms with Crippen molar-refractivity contribution < 1.29 is 4.79 Å². The van der Waals surface area contributed by atoms with Crippen LogP contribution in [0, 0.1) is 5.92 Å². The molecule has 0 unspecified atom stereocenters. The van der Waals surface area contributed by atoms with E-state index in [1.54, 1.807) is 24.3 Å². The number of benzene rings is 1. The summed E-state index contributed by atoms with van der Waals surface area (Å²) in [5.41, 5.74) is -0.291. The zero-order valence-electron chi connectivity index (χ0n) is 15.2. The van der Waals surface area contributed by atoms with Gasteiger partial charge in [0.2, 0.25) is 5.91 Å². The molecule has 0 bridgehead atoms. The van der Waals surface area contributed by atoms with Crippen LogP contribution in [0.5, 0.6) is 0 Å². The Balaban J connectivity index is 1.63. The molecule has 2 N–H and O–H groups in total. The van der Waals surface area contributed by atoms with Crippen molar-refractivity contribution in [1.82, 2.24) is 19.8 Å². The third-order valence-corrected chi connectivity index (χ3v) is 5.10. The van der Waals surface area contributed by atoms with Crippen molar-refractivity contribution in [3.05, 3.63) is 45.1 Å². The quantitative estimate of drug-likeness (QED) is 0.804. The first-order valence-electron chi connectivity index (χ1n) is 9.30. The van der Waals surface area contributed by atoms with E-state index in [1.807, 2.05) is 4.90 Å². The van der Waals surface area contributed by atoms with Gasteiger partial charge in [0.05, 0.1) is 10.9 Å². The summed E-state index contributed by atoms with van der Waals surface area (Å²) in [6, 6.07) is 6.97. The van der Waals surface area contributed by atoms with Gasteiger partial charge in [-0.2, -0.15) is 0 Å². The highest BCUT2D eigenvalue weighted by Gasteiger charge is 2.22. The topological polar surface area (TPSA) is 87.2 Å². The molecule has 26 heavy (non-hydrogen) atoms. The zero-order valence-corrected chi connectivity index (χ0v) is 15.2. The lowest BCUT2D eigenvalue weighted by atomic mass is 9.96.